The minimum absolute atomic E-state index is 0.113. The van der Waals surface area contributed by atoms with Crippen molar-refractivity contribution < 1.29 is 14.4 Å². The molecular weight excluding hydrogens is 420 g/mol. The van der Waals surface area contributed by atoms with Gasteiger partial charge in [-0.25, -0.2) is 4.98 Å². The number of anilines is 2. The van der Waals surface area contributed by atoms with Gasteiger partial charge < -0.3 is 16.0 Å². The summed E-state index contributed by atoms with van der Waals surface area (Å²) < 4.78 is 0.950. The topological polar surface area (TPSA) is 100 Å². The van der Waals surface area contributed by atoms with E-state index in [1.165, 1.54) is 11.3 Å². The van der Waals surface area contributed by atoms with Crippen LogP contribution in [-0.2, 0) is 20.8 Å². The number of hydrogen-bond acceptors (Lipinski definition) is 5. The molecule has 0 radical (unpaired) electrons. The van der Waals surface area contributed by atoms with E-state index in [-0.39, 0.29) is 24.1 Å². The lowest BCUT2D eigenvalue weighted by atomic mass is 10.2. The molecule has 7 nitrogen and oxygen atoms in total. The Balaban J connectivity index is 1.55. The van der Waals surface area contributed by atoms with Gasteiger partial charge in [0.15, 0.2) is 5.13 Å². The van der Waals surface area contributed by atoms with E-state index in [0.717, 1.165) is 15.7 Å². The van der Waals surface area contributed by atoms with Gasteiger partial charge in [0, 0.05) is 22.0 Å². The summed E-state index contributed by atoms with van der Waals surface area (Å²) in [6, 6.07) is 5.10. The normalized spacial score (nSPS) is 16.2. The Labute approximate surface area is 162 Å². The number of nitrogens with one attached hydrogen (secondary N) is 3. The molecule has 0 bridgehead atoms. The third kappa shape index (κ3) is 4.67. The quantitative estimate of drug-likeness (QED) is 0.670. The molecule has 2 aromatic rings. The van der Waals surface area contributed by atoms with Crippen LogP contribution in [0.25, 0.3) is 0 Å². The molecule has 1 aromatic carbocycles. The molecule has 3 amide bonds. The summed E-state index contributed by atoms with van der Waals surface area (Å²) in [6.45, 7) is 1.92. The second-order valence-corrected chi connectivity index (χ2v) is 7.75. The van der Waals surface area contributed by atoms with Crippen molar-refractivity contribution in [2.24, 2.45) is 0 Å². The number of carbonyl (C=O) groups excluding carboxylic acids is 3. The minimum Gasteiger partial charge on any atom is -0.344 e. The average molecular weight is 437 g/mol. The number of carbonyl (C=O) groups is 3. The molecule has 3 rings (SSSR count). The van der Waals surface area contributed by atoms with Crippen molar-refractivity contribution in [2.75, 3.05) is 10.6 Å². The van der Waals surface area contributed by atoms with Crippen molar-refractivity contribution in [3.05, 3.63) is 39.3 Å². The van der Waals surface area contributed by atoms with Gasteiger partial charge in [0.2, 0.25) is 17.7 Å². The Morgan fingerprint density at radius 1 is 1.38 bits per heavy atom. The highest BCUT2D eigenvalue weighted by atomic mass is 79.9. The second-order valence-electron chi connectivity index (χ2n) is 5.98. The highest BCUT2D eigenvalue weighted by Gasteiger charge is 2.27. The van der Waals surface area contributed by atoms with Gasteiger partial charge in [0.25, 0.3) is 0 Å². The molecule has 1 saturated heterocycles. The van der Waals surface area contributed by atoms with Gasteiger partial charge in [-0.2, -0.15) is 0 Å². The van der Waals surface area contributed by atoms with E-state index in [4.69, 9.17) is 0 Å². The van der Waals surface area contributed by atoms with Gasteiger partial charge in [0.05, 0.1) is 12.1 Å². The number of halogens is 1. The van der Waals surface area contributed by atoms with E-state index in [2.05, 4.69) is 36.9 Å². The lowest BCUT2D eigenvalue weighted by molar-refractivity contribution is -0.122. The monoisotopic (exact) mass is 436 g/mol. The predicted molar refractivity (Wildman–Crippen MR) is 103 cm³/mol. The maximum absolute atomic E-state index is 12.2. The van der Waals surface area contributed by atoms with Gasteiger partial charge in [-0.3, -0.25) is 14.4 Å². The Morgan fingerprint density at radius 3 is 2.88 bits per heavy atom. The van der Waals surface area contributed by atoms with E-state index in [1.807, 2.05) is 25.1 Å². The standard InChI is InChI=1S/C17H17BrN4O3S/c1-9-6-10(18)2-3-12(9)20-15(24)7-11-8-26-17(19-11)22-16(25)13-4-5-14(23)21-13/h2-3,6,8,13H,4-5,7H2,1H3,(H,20,24)(H,21,23)(H,19,22,25). The molecule has 1 atom stereocenters. The van der Waals surface area contributed by atoms with Crippen molar-refractivity contribution in [1.29, 1.82) is 0 Å². The number of benzene rings is 1. The van der Waals surface area contributed by atoms with Gasteiger partial charge in [-0.15, -0.1) is 11.3 Å². The molecule has 1 fully saturated rings. The molecule has 1 unspecified atom stereocenters. The Morgan fingerprint density at radius 2 is 2.19 bits per heavy atom. The van der Waals surface area contributed by atoms with Crippen LogP contribution in [0.1, 0.15) is 24.1 Å². The van der Waals surface area contributed by atoms with Crippen LogP contribution in [0.15, 0.2) is 28.1 Å². The summed E-state index contributed by atoms with van der Waals surface area (Å²) >= 11 is 4.64. The summed E-state index contributed by atoms with van der Waals surface area (Å²) in [4.78, 5) is 39.7. The fourth-order valence-corrected chi connectivity index (χ4v) is 3.76. The van der Waals surface area contributed by atoms with Gasteiger partial charge in [0.1, 0.15) is 6.04 Å². The third-order valence-electron chi connectivity index (χ3n) is 3.90. The van der Waals surface area contributed by atoms with Crippen molar-refractivity contribution >= 4 is 55.8 Å². The van der Waals surface area contributed by atoms with E-state index >= 15 is 0 Å². The summed E-state index contributed by atoms with van der Waals surface area (Å²) in [5, 5.41) is 10.3. The molecule has 9 heteroatoms. The highest BCUT2D eigenvalue weighted by molar-refractivity contribution is 9.10. The number of hydrogen-bond donors (Lipinski definition) is 3. The summed E-state index contributed by atoms with van der Waals surface area (Å²) in [5.41, 5.74) is 2.28. The first-order chi connectivity index (χ1) is 12.4. The van der Waals surface area contributed by atoms with Crippen LogP contribution in [0.2, 0.25) is 0 Å². The van der Waals surface area contributed by atoms with E-state index in [0.29, 0.717) is 23.7 Å². The van der Waals surface area contributed by atoms with Crippen LogP contribution in [0, 0.1) is 6.92 Å². The van der Waals surface area contributed by atoms with E-state index in [9.17, 15) is 14.4 Å². The molecule has 136 valence electrons. The number of aryl methyl sites for hydroxylation is 1. The van der Waals surface area contributed by atoms with Gasteiger partial charge in [-0.05, 0) is 37.1 Å². The van der Waals surface area contributed by atoms with Crippen LogP contribution in [0.4, 0.5) is 10.8 Å². The van der Waals surface area contributed by atoms with Crippen LogP contribution in [0.3, 0.4) is 0 Å². The van der Waals surface area contributed by atoms with Gasteiger partial charge >= 0.3 is 0 Å². The second kappa shape index (κ2) is 7.96. The molecule has 26 heavy (non-hydrogen) atoms. The molecular formula is C17H17BrN4O3S. The fourth-order valence-electron chi connectivity index (χ4n) is 2.58. The molecule has 3 N–H and O–H groups in total. The highest BCUT2D eigenvalue weighted by Crippen LogP contribution is 2.21. The zero-order chi connectivity index (χ0) is 18.7. The average Bonchev–Trinajstić information content (AvgIpc) is 3.19. The fraction of sp³-hybridized carbons (Fsp3) is 0.294. The maximum Gasteiger partial charge on any atom is 0.248 e. The Bertz CT molecular complexity index is 867. The summed E-state index contributed by atoms with van der Waals surface area (Å²) in [6.07, 6.45) is 0.955. The number of rotatable bonds is 5. The number of nitrogens with zero attached hydrogens (tertiary/aromatic N) is 1. The molecule has 2 heterocycles. The first-order valence-electron chi connectivity index (χ1n) is 8.01. The third-order valence-corrected chi connectivity index (χ3v) is 5.20. The van der Waals surface area contributed by atoms with Crippen LogP contribution in [0.5, 0.6) is 0 Å². The molecule has 0 aliphatic carbocycles. The van der Waals surface area contributed by atoms with E-state index in [1.54, 1.807) is 5.38 Å². The van der Waals surface area contributed by atoms with Crippen molar-refractivity contribution in [3.8, 4) is 0 Å². The molecule has 0 spiro atoms. The first kappa shape index (κ1) is 18.5. The van der Waals surface area contributed by atoms with Gasteiger partial charge in [-0.1, -0.05) is 15.9 Å². The van der Waals surface area contributed by atoms with Crippen molar-refractivity contribution in [3.63, 3.8) is 0 Å². The van der Waals surface area contributed by atoms with Crippen LogP contribution in [-0.4, -0.2) is 28.7 Å². The molecule has 1 aliphatic heterocycles. The summed E-state index contributed by atoms with van der Waals surface area (Å²) in [7, 11) is 0. The maximum atomic E-state index is 12.2. The molecule has 0 saturated carbocycles. The SMILES string of the molecule is Cc1cc(Br)ccc1NC(=O)Cc1csc(NC(=O)C2CCC(=O)N2)n1. The first-order valence-corrected chi connectivity index (χ1v) is 9.68. The van der Waals surface area contributed by atoms with Crippen molar-refractivity contribution in [2.45, 2.75) is 32.2 Å². The Kier molecular flexibility index (Phi) is 5.67. The largest absolute Gasteiger partial charge is 0.344 e. The number of amides is 3. The number of thiazole rings is 1. The smallest absolute Gasteiger partial charge is 0.248 e. The zero-order valence-corrected chi connectivity index (χ0v) is 16.4. The Hall–Kier alpha value is -2.26. The zero-order valence-electron chi connectivity index (χ0n) is 14.0. The molecule has 1 aromatic heterocycles. The van der Waals surface area contributed by atoms with E-state index < -0.39 is 6.04 Å². The lowest BCUT2D eigenvalue weighted by Gasteiger charge is -2.08. The lowest BCUT2D eigenvalue weighted by Crippen LogP contribution is -2.37. The van der Waals surface area contributed by atoms with Crippen molar-refractivity contribution in [1.82, 2.24) is 10.3 Å². The minimum atomic E-state index is -0.515. The summed E-state index contributed by atoms with van der Waals surface area (Å²) in [5.74, 6) is -0.585. The van der Waals surface area contributed by atoms with Crippen LogP contribution >= 0.6 is 27.3 Å². The molecule has 1 aliphatic rings. The number of aromatic nitrogens is 1. The van der Waals surface area contributed by atoms with Crippen LogP contribution < -0.4 is 16.0 Å². The predicted octanol–water partition coefficient (Wildman–Crippen LogP) is 2.61.